The van der Waals surface area contributed by atoms with E-state index in [9.17, 15) is 9.59 Å². The van der Waals surface area contributed by atoms with Gasteiger partial charge in [0.1, 0.15) is 11.3 Å². The topological polar surface area (TPSA) is 64.4 Å². The molecule has 1 saturated heterocycles. The number of rotatable bonds is 5. The predicted molar refractivity (Wildman–Crippen MR) is 131 cm³/mol. The second kappa shape index (κ2) is 8.42. The summed E-state index contributed by atoms with van der Waals surface area (Å²) in [6.07, 6.45) is 4.80. The zero-order valence-corrected chi connectivity index (χ0v) is 20.0. The summed E-state index contributed by atoms with van der Waals surface area (Å²) >= 11 is 0. The number of ether oxygens (including phenoxy) is 1. The van der Waals surface area contributed by atoms with Gasteiger partial charge in [-0.1, -0.05) is 69.3 Å². The average molecular weight is 458 g/mol. The summed E-state index contributed by atoms with van der Waals surface area (Å²) in [6.45, 7) is 7.31. The Morgan fingerprint density at radius 2 is 1.68 bits per heavy atom. The van der Waals surface area contributed by atoms with Gasteiger partial charge in [0.25, 0.3) is 5.91 Å². The third-order valence-electron chi connectivity index (χ3n) is 7.06. The Bertz CT molecular complexity index is 1200. The highest BCUT2D eigenvalue weighted by molar-refractivity contribution is 5.97. The lowest BCUT2D eigenvalue weighted by Gasteiger charge is -2.39. The molecular weight excluding hydrogens is 426 g/mol. The number of hydrogen-bond donors (Lipinski definition) is 0. The van der Waals surface area contributed by atoms with Crippen LogP contribution in [0.1, 0.15) is 50.4 Å². The lowest BCUT2D eigenvalue weighted by atomic mass is 9.65. The Morgan fingerprint density at radius 1 is 1.00 bits per heavy atom. The molecular formula is C28H31N3O3. The second-order valence-corrected chi connectivity index (χ2v) is 10.8. The van der Waals surface area contributed by atoms with Crippen molar-refractivity contribution in [3.63, 3.8) is 0 Å². The molecule has 2 aliphatic rings. The van der Waals surface area contributed by atoms with Crippen molar-refractivity contribution >= 4 is 11.9 Å². The summed E-state index contributed by atoms with van der Waals surface area (Å²) < 4.78 is 7.24. The van der Waals surface area contributed by atoms with E-state index in [-0.39, 0.29) is 29.4 Å². The molecule has 1 aliphatic heterocycles. The van der Waals surface area contributed by atoms with Crippen LogP contribution >= 0.6 is 0 Å². The molecule has 6 heteroatoms. The fraction of sp³-hybridized carbons (Fsp3) is 0.393. The maximum absolute atomic E-state index is 13.2. The highest BCUT2D eigenvalue weighted by Gasteiger charge is 2.51. The zero-order valence-electron chi connectivity index (χ0n) is 20.0. The molecule has 5 rings (SSSR count). The number of likely N-dealkylation sites (tertiary alicyclic amines) is 1. The molecule has 1 amide bonds. The predicted octanol–water partition coefficient (Wildman–Crippen LogP) is 5.12. The van der Waals surface area contributed by atoms with Crippen LogP contribution in [0, 0.1) is 10.8 Å². The van der Waals surface area contributed by atoms with Crippen LogP contribution in [0.25, 0.3) is 16.9 Å². The normalized spacial score (nSPS) is 23.0. The van der Waals surface area contributed by atoms with Gasteiger partial charge in [-0.05, 0) is 42.2 Å². The lowest BCUT2D eigenvalue weighted by molar-refractivity contribution is -0.135. The van der Waals surface area contributed by atoms with E-state index in [2.05, 4.69) is 25.9 Å². The molecule has 176 valence electrons. The van der Waals surface area contributed by atoms with Gasteiger partial charge in [-0.25, -0.2) is 9.48 Å². The Kier molecular flexibility index (Phi) is 5.54. The number of hydrogen-bond acceptors (Lipinski definition) is 4. The molecule has 0 radical (unpaired) electrons. The molecule has 0 spiro atoms. The van der Waals surface area contributed by atoms with E-state index in [0.717, 1.165) is 37.1 Å². The average Bonchev–Trinajstić information content (AvgIpc) is 3.36. The third kappa shape index (κ3) is 4.37. The number of carbonyl (C=O) groups excluding carboxylic acids is 2. The van der Waals surface area contributed by atoms with Gasteiger partial charge < -0.3 is 9.64 Å². The minimum Gasteiger partial charge on any atom is -0.452 e. The molecule has 34 heavy (non-hydrogen) atoms. The fourth-order valence-electron chi connectivity index (χ4n) is 6.09. The Morgan fingerprint density at radius 3 is 2.38 bits per heavy atom. The molecule has 0 unspecified atom stereocenters. The van der Waals surface area contributed by atoms with Gasteiger partial charge in [0.05, 0.1) is 5.69 Å². The van der Waals surface area contributed by atoms with Crippen molar-refractivity contribution in [1.29, 1.82) is 0 Å². The van der Waals surface area contributed by atoms with Crippen molar-refractivity contribution in [2.24, 2.45) is 10.8 Å². The van der Waals surface area contributed by atoms with Gasteiger partial charge in [0, 0.05) is 24.3 Å². The number of carbonyl (C=O) groups is 2. The second-order valence-electron chi connectivity index (χ2n) is 10.8. The van der Waals surface area contributed by atoms with Crippen molar-refractivity contribution in [2.45, 2.75) is 46.1 Å². The maximum Gasteiger partial charge on any atom is 0.342 e. The summed E-state index contributed by atoms with van der Waals surface area (Å²) in [5, 5.41) is 4.67. The summed E-state index contributed by atoms with van der Waals surface area (Å²) in [7, 11) is 0. The first kappa shape index (κ1) is 22.4. The largest absolute Gasteiger partial charge is 0.452 e. The molecule has 1 aromatic heterocycles. The van der Waals surface area contributed by atoms with Crippen molar-refractivity contribution < 1.29 is 14.3 Å². The van der Waals surface area contributed by atoms with E-state index in [1.807, 2.05) is 65.6 Å². The quantitative estimate of drug-likeness (QED) is 0.499. The lowest BCUT2D eigenvalue weighted by Crippen LogP contribution is -2.39. The van der Waals surface area contributed by atoms with Crippen molar-refractivity contribution in [3.05, 3.63) is 72.4 Å². The molecule has 6 nitrogen and oxygen atoms in total. The van der Waals surface area contributed by atoms with Gasteiger partial charge in [-0.3, -0.25) is 4.79 Å². The molecule has 2 bridgehead atoms. The smallest absolute Gasteiger partial charge is 0.342 e. The highest BCUT2D eigenvalue weighted by Crippen LogP contribution is 2.52. The molecule has 2 fully saturated rings. The zero-order chi connectivity index (χ0) is 23.9. The maximum atomic E-state index is 13.2. The molecule has 3 aromatic rings. The minimum atomic E-state index is -0.539. The van der Waals surface area contributed by atoms with Crippen molar-refractivity contribution in [2.75, 3.05) is 13.2 Å². The van der Waals surface area contributed by atoms with Gasteiger partial charge in [-0.2, -0.15) is 5.10 Å². The van der Waals surface area contributed by atoms with Gasteiger partial charge >= 0.3 is 5.97 Å². The molecule has 1 saturated carbocycles. The minimum absolute atomic E-state index is 0.114. The van der Waals surface area contributed by atoms with Crippen LogP contribution in [-0.4, -0.2) is 45.8 Å². The summed E-state index contributed by atoms with van der Waals surface area (Å²) in [5.74, 6) is -0.653. The molecule has 2 heterocycles. The molecule has 1 aliphatic carbocycles. The Balaban J connectivity index is 1.35. The monoisotopic (exact) mass is 457 g/mol. The van der Waals surface area contributed by atoms with Gasteiger partial charge in [0.15, 0.2) is 6.61 Å². The van der Waals surface area contributed by atoms with Gasteiger partial charge in [-0.15, -0.1) is 0 Å². The van der Waals surface area contributed by atoms with Crippen LogP contribution in [0.3, 0.4) is 0 Å². The van der Waals surface area contributed by atoms with Crippen molar-refractivity contribution in [1.82, 2.24) is 14.7 Å². The molecule has 2 aromatic carbocycles. The highest BCUT2D eigenvalue weighted by atomic mass is 16.5. The summed E-state index contributed by atoms with van der Waals surface area (Å²) in [6, 6.07) is 19.4. The van der Waals surface area contributed by atoms with E-state index < -0.39 is 5.97 Å². The number of para-hydroxylation sites is 1. The summed E-state index contributed by atoms with van der Waals surface area (Å²) in [5.41, 5.74) is 2.90. The van der Waals surface area contributed by atoms with Crippen LogP contribution in [0.15, 0.2) is 66.9 Å². The molecule has 2 atom stereocenters. The number of benzene rings is 2. The number of amides is 1. The van der Waals surface area contributed by atoms with Crippen LogP contribution in [0.2, 0.25) is 0 Å². The number of nitrogens with zero attached hydrogens (tertiary/aromatic N) is 3. The van der Waals surface area contributed by atoms with E-state index in [4.69, 9.17) is 4.74 Å². The van der Waals surface area contributed by atoms with Crippen LogP contribution in [-0.2, 0) is 9.53 Å². The first-order chi connectivity index (χ1) is 16.2. The van der Waals surface area contributed by atoms with E-state index in [0.29, 0.717) is 11.3 Å². The van der Waals surface area contributed by atoms with Crippen molar-refractivity contribution in [3.8, 4) is 16.9 Å². The van der Waals surface area contributed by atoms with Gasteiger partial charge in [0.2, 0.25) is 0 Å². The standard InChI is InChI=1S/C28H31N3O3/c1-27(2)14-22-15-28(3,18-27)19-30(22)24(32)17-34-26(33)23-16-31(21-12-8-5-9-13-21)29-25(23)20-10-6-4-7-11-20/h4-13,16,22H,14-15,17-19H2,1-3H3/t22-,28+/m0/s1. The van der Waals surface area contributed by atoms with E-state index in [1.54, 1.807) is 10.9 Å². The Labute approximate surface area is 200 Å². The number of esters is 1. The number of fused-ring (bicyclic) bond motifs is 2. The Hall–Kier alpha value is -3.41. The molecule has 0 N–H and O–H groups in total. The summed E-state index contributed by atoms with van der Waals surface area (Å²) in [4.78, 5) is 28.2. The van der Waals surface area contributed by atoms with E-state index >= 15 is 0 Å². The van der Waals surface area contributed by atoms with Crippen LogP contribution < -0.4 is 0 Å². The van der Waals surface area contributed by atoms with Crippen LogP contribution in [0.5, 0.6) is 0 Å². The SMILES string of the molecule is CC1(C)C[C@H]2C[C@@](C)(CN2C(=O)COC(=O)c2cn(-c3ccccc3)nc2-c2ccccc2)C1. The number of aromatic nitrogens is 2. The van der Waals surface area contributed by atoms with Crippen LogP contribution in [0.4, 0.5) is 0 Å². The third-order valence-corrected chi connectivity index (χ3v) is 7.06. The first-order valence-electron chi connectivity index (χ1n) is 11.9. The fourth-order valence-corrected chi connectivity index (χ4v) is 6.09. The first-order valence-corrected chi connectivity index (χ1v) is 11.9. The van der Waals surface area contributed by atoms with E-state index in [1.165, 1.54) is 0 Å².